The van der Waals surface area contributed by atoms with Crippen LogP contribution in [0.25, 0.3) is 0 Å². The second-order valence-electron chi connectivity index (χ2n) is 13.8. The number of rotatable bonds is 5. The van der Waals surface area contributed by atoms with Gasteiger partial charge in [-0.15, -0.1) is 0 Å². The Morgan fingerprint density at radius 1 is 0.844 bits per heavy atom. The summed E-state index contributed by atoms with van der Waals surface area (Å²) < 4.78 is 24.4. The van der Waals surface area contributed by atoms with E-state index in [0.717, 1.165) is 0 Å². The number of ketones is 1. The van der Waals surface area contributed by atoms with Crippen LogP contribution in [0.4, 0.5) is 0 Å². The van der Waals surface area contributed by atoms with Crippen molar-refractivity contribution in [2.24, 2.45) is 29.1 Å². The van der Waals surface area contributed by atoms with E-state index in [4.69, 9.17) is 18.9 Å². The van der Waals surface area contributed by atoms with Gasteiger partial charge in [0.25, 0.3) is 0 Å². The van der Waals surface area contributed by atoms with Crippen molar-refractivity contribution in [3.63, 3.8) is 0 Å². The number of aliphatic hydroxyl groups excluding tert-OH is 1. The van der Waals surface area contributed by atoms with Crippen molar-refractivity contribution >= 4 is 23.7 Å². The molecule has 2 aromatic carbocycles. The number of esters is 3. The van der Waals surface area contributed by atoms with Crippen molar-refractivity contribution in [2.45, 2.75) is 83.6 Å². The lowest BCUT2D eigenvalue weighted by atomic mass is 9.80. The zero-order valence-corrected chi connectivity index (χ0v) is 26.4. The van der Waals surface area contributed by atoms with Gasteiger partial charge in [0.2, 0.25) is 0 Å². The summed E-state index contributed by atoms with van der Waals surface area (Å²) >= 11 is 0. The normalized spacial score (nSPS) is 39.0. The summed E-state index contributed by atoms with van der Waals surface area (Å²) in [6.07, 6.45) is -2.05. The Morgan fingerprint density at radius 3 is 1.93 bits per heavy atom. The summed E-state index contributed by atoms with van der Waals surface area (Å²) in [5, 5.41) is 11.9. The van der Waals surface area contributed by atoms with Crippen molar-refractivity contribution in [3.05, 3.63) is 83.4 Å². The highest BCUT2D eigenvalue weighted by molar-refractivity contribution is 5.96. The molecule has 0 bridgehead atoms. The Labute approximate surface area is 262 Å². The lowest BCUT2D eigenvalue weighted by Crippen LogP contribution is -2.43. The second-order valence-corrected chi connectivity index (χ2v) is 13.8. The fraction of sp³-hybridized carbons (Fsp3) is 0.500. The van der Waals surface area contributed by atoms with E-state index in [1.165, 1.54) is 6.92 Å². The fourth-order valence-corrected chi connectivity index (χ4v) is 8.22. The maximum atomic E-state index is 14.5. The number of Topliss-reactive ketones (excluding diaryl/α,β-unsaturated/α-hetero) is 1. The first kappa shape index (κ1) is 31.2. The minimum Gasteiger partial charge on any atom is -0.461 e. The van der Waals surface area contributed by atoms with Gasteiger partial charge < -0.3 is 24.1 Å². The van der Waals surface area contributed by atoms with Gasteiger partial charge >= 0.3 is 17.9 Å². The molecule has 10 atom stereocenters. The number of fused-ring (bicyclic) bond motifs is 1. The average molecular weight is 617 g/mol. The molecular weight excluding hydrogens is 576 g/mol. The quantitative estimate of drug-likeness (QED) is 0.220. The molecule has 1 unspecified atom stereocenters. The molecule has 45 heavy (non-hydrogen) atoms. The molecule has 9 nitrogen and oxygen atoms in total. The van der Waals surface area contributed by atoms with E-state index in [9.17, 15) is 24.3 Å². The highest BCUT2D eigenvalue weighted by atomic mass is 16.7. The molecule has 2 aromatic rings. The number of benzene rings is 2. The van der Waals surface area contributed by atoms with Crippen LogP contribution in [0.2, 0.25) is 0 Å². The van der Waals surface area contributed by atoms with Crippen LogP contribution in [0.3, 0.4) is 0 Å². The maximum absolute atomic E-state index is 14.5. The first-order chi connectivity index (χ1) is 21.2. The van der Waals surface area contributed by atoms with Gasteiger partial charge in [0.05, 0.1) is 17.0 Å². The summed E-state index contributed by atoms with van der Waals surface area (Å²) in [4.78, 5) is 53.6. The molecule has 3 fully saturated rings. The molecule has 3 aliphatic carbocycles. The molecule has 1 heterocycles. The lowest BCUT2D eigenvalue weighted by molar-refractivity contribution is -0.154. The van der Waals surface area contributed by atoms with Crippen molar-refractivity contribution < 1.29 is 43.2 Å². The highest BCUT2D eigenvalue weighted by Crippen LogP contribution is 2.68. The Hall–Kier alpha value is -3.82. The Morgan fingerprint density at radius 2 is 1.38 bits per heavy atom. The maximum Gasteiger partial charge on any atom is 0.338 e. The van der Waals surface area contributed by atoms with Crippen molar-refractivity contribution in [2.75, 3.05) is 0 Å². The van der Waals surface area contributed by atoms with Gasteiger partial charge in [0.1, 0.15) is 24.4 Å². The monoisotopic (exact) mass is 616 g/mol. The standard InChI is InChI=1S/C36H40O9/c1-19-17-36-31(44-33(41)24-15-11-8-12-16-24)20(2)18-35(36,45-36)30(39)21(3)28(42-22(4)37)25-26(34(25,5)6)29(27(19)38)43-32(40)23-13-9-7-10-14-23/h7-17,20-21,25-29,31,38H,18H2,1-6H3/b19-17+/t20-,21-,25+,26-,27-,28-,29?,31+,35+,36+/m1/s1. The highest BCUT2D eigenvalue weighted by Gasteiger charge is 2.84. The molecule has 0 radical (unpaired) electrons. The third-order valence-corrected chi connectivity index (χ3v) is 10.5. The van der Waals surface area contributed by atoms with Gasteiger partial charge in [-0.05, 0) is 60.6 Å². The summed E-state index contributed by atoms with van der Waals surface area (Å²) in [6, 6.07) is 17.1. The summed E-state index contributed by atoms with van der Waals surface area (Å²) in [5.74, 6) is -3.84. The number of carbonyl (C=O) groups is 4. The largest absolute Gasteiger partial charge is 0.461 e. The molecule has 0 amide bonds. The topological polar surface area (TPSA) is 129 Å². The SMILES string of the molecule is CC(=O)O[C@H]1[C@@H]2[C@H](C(OC(=O)c3ccccc3)[C@H](O)/C(C)=C/[C@@]34O[C@@]3(C[C@@H](C)[C@@H]4OC(=O)c3ccccc3)C(=O)[C@@H]1C)C2(C)C. The molecule has 0 aromatic heterocycles. The average Bonchev–Trinajstić information content (AvgIpc) is 3.81. The molecule has 0 spiro atoms. The predicted octanol–water partition coefficient (Wildman–Crippen LogP) is 4.72. The van der Waals surface area contributed by atoms with Crippen molar-refractivity contribution in [3.8, 4) is 0 Å². The van der Waals surface area contributed by atoms with Crippen LogP contribution in [0, 0.1) is 29.1 Å². The van der Waals surface area contributed by atoms with E-state index in [0.29, 0.717) is 16.7 Å². The van der Waals surface area contributed by atoms with Gasteiger partial charge in [-0.2, -0.15) is 0 Å². The molecule has 238 valence electrons. The van der Waals surface area contributed by atoms with Crippen LogP contribution in [0.1, 0.15) is 68.7 Å². The molecule has 6 rings (SSSR count). The third-order valence-electron chi connectivity index (χ3n) is 10.5. The van der Waals surface area contributed by atoms with E-state index < -0.39 is 76.7 Å². The fourth-order valence-electron chi connectivity index (χ4n) is 8.22. The van der Waals surface area contributed by atoms with Crippen LogP contribution in [0.5, 0.6) is 0 Å². The van der Waals surface area contributed by atoms with Gasteiger partial charge in [-0.25, -0.2) is 9.59 Å². The zero-order valence-electron chi connectivity index (χ0n) is 26.4. The summed E-state index contributed by atoms with van der Waals surface area (Å²) in [5.41, 5.74) is -2.14. The van der Waals surface area contributed by atoms with Crippen LogP contribution in [-0.4, -0.2) is 64.4 Å². The van der Waals surface area contributed by atoms with E-state index in [1.807, 2.05) is 20.8 Å². The van der Waals surface area contributed by atoms with Crippen molar-refractivity contribution in [1.29, 1.82) is 0 Å². The van der Waals surface area contributed by atoms with E-state index >= 15 is 0 Å². The number of epoxide rings is 1. The van der Waals surface area contributed by atoms with Gasteiger partial charge in [0, 0.05) is 18.8 Å². The van der Waals surface area contributed by atoms with Crippen LogP contribution in [-0.2, 0) is 28.5 Å². The lowest BCUT2D eigenvalue weighted by Gasteiger charge is -2.28. The molecule has 2 saturated carbocycles. The second kappa shape index (κ2) is 10.9. The van der Waals surface area contributed by atoms with E-state index in [2.05, 4.69) is 0 Å². The van der Waals surface area contributed by atoms with Crippen LogP contribution >= 0.6 is 0 Å². The first-order valence-electron chi connectivity index (χ1n) is 15.6. The summed E-state index contributed by atoms with van der Waals surface area (Å²) in [7, 11) is 0. The predicted molar refractivity (Wildman–Crippen MR) is 162 cm³/mol. The van der Waals surface area contributed by atoms with E-state index in [1.54, 1.807) is 80.6 Å². The third kappa shape index (κ3) is 4.91. The van der Waals surface area contributed by atoms with Gasteiger partial charge in [-0.1, -0.05) is 64.1 Å². The Kier molecular flexibility index (Phi) is 7.56. The number of hydrogen-bond donors (Lipinski definition) is 1. The van der Waals surface area contributed by atoms with E-state index in [-0.39, 0.29) is 18.1 Å². The molecule has 1 aliphatic heterocycles. The van der Waals surface area contributed by atoms with Crippen LogP contribution in [0.15, 0.2) is 72.3 Å². The Bertz CT molecular complexity index is 1550. The summed E-state index contributed by atoms with van der Waals surface area (Å²) in [6.45, 7) is 10.6. The molecule has 4 aliphatic rings. The zero-order chi connectivity index (χ0) is 32.5. The van der Waals surface area contributed by atoms with Crippen molar-refractivity contribution in [1.82, 2.24) is 0 Å². The molecule has 1 saturated heterocycles. The number of ether oxygens (including phenoxy) is 4. The molecular formula is C36H40O9. The number of hydrogen-bond acceptors (Lipinski definition) is 9. The molecule has 9 heteroatoms. The number of aliphatic hydroxyl groups is 1. The molecule has 1 N–H and O–H groups in total. The van der Waals surface area contributed by atoms with Crippen LogP contribution < -0.4 is 0 Å². The Balaban J connectivity index is 1.44. The van der Waals surface area contributed by atoms with Gasteiger partial charge in [-0.3, -0.25) is 9.59 Å². The van der Waals surface area contributed by atoms with Gasteiger partial charge in [0.15, 0.2) is 17.0 Å². The number of carbonyl (C=O) groups excluding carboxylic acids is 4. The minimum atomic E-state index is -1.36. The smallest absolute Gasteiger partial charge is 0.338 e. The first-order valence-corrected chi connectivity index (χ1v) is 15.6. The minimum absolute atomic E-state index is 0.251.